The molecule has 5 aromatic rings. The predicted molar refractivity (Wildman–Crippen MR) is 247 cm³/mol. The molecule has 3 N–H and O–H groups in total. The van der Waals surface area contributed by atoms with Crippen LogP contribution in [0.15, 0.2) is 79.1 Å². The van der Waals surface area contributed by atoms with Gasteiger partial charge in [0.15, 0.2) is 0 Å². The van der Waals surface area contributed by atoms with Gasteiger partial charge in [0, 0.05) is 91.7 Å². The lowest BCUT2D eigenvalue weighted by molar-refractivity contribution is -0.125. The first-order chi connectivity index (χ1) is 30.3. The van der Waals surface area contributed by atoms with Gasteiger partial charge >= 0.3 is 0 Å². The number of carbonyl (C=O) groups is 2. The third kappa shape index (κ3) is 12.8. The Balaban J connectivity index is 0.800. The van der Waals surface area contributed by atoms with Crippen LogP contribution in [-0.2, 0) is 27.3 Å². The quantitative estimate of drug-likeness (QED) is 0.0462. The van der Waals surface area contributed by atoms with Crippen molar-refractivity contribution in [2.24, 2.45) is 0 Å². The number of nitrogens with one attached hydrogen (secondary N) is 3. The Labute approximate surface area is 370 Å². The van der Waals surface area contributed by atoms with Crippen LogP contribution in [0.3, 0.4) is 0 Å². The number of halogens is 2. The van der Waals surface area contributed by atoms with E-state index in [0.717, 1.165) is 119 Å². The van der Waals surface area contributed by atoms with Gasteiger partial charge in [-0.05, 0) is 105 Å². The van der Waals surface area contributed by atoms with Crippen LogP contribution in [0.2, 0.25) is 5.02 Å². The third-order valence-corrected chi connectivity index (χ3v) is 12.4. The molecule has 0 bridgehead atoms. The average Bonchev–Trinajstić information content (AvgIpc) is 3.66. The number of imide groups is 1. The van der Waals surface area contributed by atoms with E-state index in [0.29, 0.717) is 35.5 Å². The van der Waals surface area contributed by atoms with Gasteiger partial charge in [0.05, 0.1) is 0 Å². The first-order valence-electron chi connectivity index (χ1n) is 22.7. The van der Waals surface area contributed by atoms with Crippen molar-refractivity contribution in [1.29, 1.82) is 0 Å². The van der Waals surface area contributed by atoms with Gasteiger partial charge in [-0.25, -0.2) is 9.37 Å². The van der Waals surface area contributed by atoms with E-state index in [1.165, 1.54) is 55.4 Å². The molecule has 1 aliphatic heterocycles. The van der Waals surface area contributed by atoms with Crippen molar-refractivity contribution in [1.82, 2.24) is 29.7 Å². The fraction of sp³-hybridized carbons (Fsp3) is 0.469. The Hall–Kier alpha value is -4.88. The predicted octanol–water partition coefficient (Wildman–Crippen LogP) is 9.93. The average molecular weight is 866 g/mol. The molecular weight excluding hydrogens is 803 g/mol. The van der Waals surface area contributed by atoms with Crippen LogP contribution in [0, 0.1) is 5.82 Å². The Morgan fingerprint density at radius 1 is 0.903 bits per heavy atom. The van der Waals surface area contributed by atoms with E-state index in [4.69, 9.17) is 21.3 Å². The number of piperazine rings is 1. The van der Waals surface area contributed by atoms with E-state index in [1.807, 2.05) is 25.3 Å². The largest absolute Gasteiger partial charge is 0.381 e. The highest BCUT2D eigenvalue weighted by Crippen LogP contribution is 2.37. The maximum absolute atomic E-state index is 14.1. The summed E-state index contributed by atoms with van der Waals surface area (Å²) in [6.07, 6.45) is 17.4. The summed E-state index contributed by atoms with van der Waals surface area (Å²) in [5.74, 6) is -0.292. The number of rotatable bonds is 22. The first kappa shape index (κ1) is 45.2. The standard InChI is InChI=1S/C49H62ClFN8O3/c1-2-10-46(48(61)53-35-60)54-41-20-16-36(17-21-41)11-9-28-62-27-8-4-7-22-57-23-25-58(26-24-57)33-37-14-18-38(19-15-37)45-34-59(43-12-5-3-6-13-43)47-44(45)32-52-49(56-47)55-42-30-39(50)29-40(51)31-42/h14-21,29-32,34-35,43,46,54H,2-13,22-28,33H2,1H3,(H,52,55,56)(H,53,60,61). The molecule has 2 amide bonds. The molecule has 0 spiro atoms. The smallest absolute Gasteiger partial charge is 0.248 e. The number of amides is 2. The number of benzene rings is 3. The number of aryl methyl sites for hydroxylation is 1. The van der Waals surface area contributed by atoms with Crippen molar-refractivity contribution in [2.45, 2.75) is 103 Å². The van der Waals surface area contributed by atoms with Gasteiger partial charge in [-0.1, -0.05) is 80.6 Å². The molecule has 7 rings (SSSR count). The highest BCUT2D eigenvalue weighted by Gasteiger charge is 2.22. The number of carbonyl (C=O) groups excluding carboxylic acids is 2. The number of unbranched alkanes of at least 4 members (excludes halogenated alkanes) is 2. The van der Waals surface area contributed by atoms with E-state index in [-0.39, 0.29) is 5.91 Å². The van der Waals surface area contributed by atoms with Crippen LogP contribution in [0.1, 0.15) is 94.7 Å². The molecule has 0 radical (unpaired) electrons. The van der Waals surface area contributed by atoms with Crippen molar-refractivity contribution >= 4 is 52.3 Å². The Bertz CT molecular complexity index is 2170. The summed E-state index contributed by atoms with van der Waals surface area (Å²) in [4.78, 5) is 37.6. The maximum Gasteiger partial charge on any atom is 0.248 e. The fourth-order valence-electron chi connectivity index (χ4n) is 8.81. The third-order valence-electron chi connectivity index (χ3n) is 12.2. The second kappa shape index (κ2) is 23.0. The zero-order valence-corrected chi connectivity index (χ0v) is 36.9. The molecule has 1 atom stereocenters. The summed E-state index contributed by atoms with van der Waals surface area (Å²) in [5, 5.41) is 9.98. The Kier molecular flexibility index (Phi) is 16.7. The molecule has 2 fully saturated rings. The second-order valence-electron chi connectivity index (χ2n) is 16.9. The number of hydrogen-bond donors (Lipinski definition) is 3. The van der Waals surface area contributed by atoms with Crippen LogP contribution < -0.4 is 16.0 Å². The highest BCUT2D eigenvalue weighted by atomic mass is 35.5. The second-order valence-corrected chi connectivity index (χ2v) is 17.3. The summed E-state index contributed by atoms with van der Waals surface area (Å²) in [5.41, 5.74) is 7.14. The molecule has 3 aromatic carbocycles. The normalized spacial score (nSPS) is 15.7. The number of hydrogen-bond acceptors (Lipinski definition) is 9. The van der Waals surface area contributed by atoms with E-state index in [1.54, 1.807) is 6.07 Å². The van der Waals surface area contributed by atoms with E-state index < -0.39 is 11.9 Å². The van der Waals surface area contributed by atoms with Gasteiger partial charge in [-0.3, -0.25) is 19.8 Å². The monoisotopic (exact) mass is 864 g/mol. The number of nitrogens with zero attached hydrogens (tertiary/aromatic N) is 5. The van der Waals surface area contributed by atoms with Crippen molar-refractivity contribution in [3.05, 3.63) is 101 Å². The summed E-state index contributed by atoms with van der Waals surface area (Å²) in [7, 11) is 0. The number of fused-ring (bicyclic) bond motifs is 1. The molecular formula is C49H62ClFN8O3. The summed E-state index contributed by atoms with van der Waals surface area (Å²) in [6.45, 7) is 10.0. The lowest BCUT2D eigenvalue weighted by Gasteiger charge is -2.34. The molecule has 11 nitrogen and oxygen atoms in total. The van der Waals surface area contributed by atoms with Gasteiger partial charge in [-0.2, -0.15) is 4.98 Å². The summed E-state index contributed by atoms with van der Waals surface area (Å²) >= 11 is 6.11. The number of anilines is 3. The minimum atomic E-state index is -0.425. The van der Waals surface area contributed by atoms with Crippen LogP contribution >= 0.6 is 11.6 Å². The van der Waals surface area contributed by atoms with Gasteiger partial charge in [0.2, 0.25) is 18.3 Å². The SMILES string of the molecule is CCCC(Nc1ccc(CCCOCCCCCN2CCN(Cc3ccc(-c4cn(C5CCCCC5)c5nc(Nc6cc(F)cc(Cl)c6)ncc45)cc3)CC2)cc1)C(=O)NC=O. The molecule has 1 unspecified atom stereocenters. The molecule has 13 heteroatoms. The van der Waals surface area contributed by atoms with Crippen LogP contribution in [0.25, 0.3) is 22.2 Å². The van der Waals surface area contributed by atoms with Gasteiger partial charge in [-0.15, -0.1) is 0 Å². The Morgan fingerprint density at radius 2 is 1.65 bits per heavy atom. The van der Waals surface area contributed by atoms with Crippen LogP contribution in [0.4, 0.5) is 21.7 Å². The summed E-state index contributed by atoms with van der Waals surface area (Å²) < 4.78 is 22.3. The van der Waals surface area contributed by atoms with Crippen molar-refractivity contribution in [3.63, 3.8) is 0 Å². The lowest BCUT2D eigenvalue weighted by Crippen LogP contribution is -2.46. The molecule has 2 aromatic heterocycles. The van der Waals surface area contributed by atoms with Crippen molar-refractivity contribution in [2.75, 3.05) is 56.6 Å². The minimum absolute atomic E-state index is 0.303. The van der Waals surface area contributed by atoms with Crippen LogP contribution in [-0.4, -0.2) is 88.6 Å². The molecule has 1 aliphatic carbocycles. The van der Waals surface area contributed by atoms with E-state index >= 15 is 0 Å². The number of ether oxygens (including phenoxy) is 1. The van der Waals surface area contributed by atoms with E-state index in [2.05, 4.69) is 77.9 Å². The van der Waals surface area contributed by atoms with Gasteiger partial charge < -0.3 is 24.8 Å². The minimum Gasteiger partial charge on any atom is -0.381 e. The molecule has 2 aliphatic rings. The molecule has 62 heavy (non-hydrogen) atoms. The number of aromatic nitrogens is 3. The highest BCUT2D eigenvalue weighted by molar-refractivity contribution is 6.30. The van der Waals surface area contributed by atoms with Crippen LogP contribution in [0.5, 0.6) is 0 Å². The van der Waals surface area contributed by atoms with E-state index in [9.17, 15) is 14.0 Å². The fourth-order valence-corrected chi connectivity index (χ4v) is 9.03. The Morgan fingerprint density at radius 3 is 2.39 bits per heavy atom. The maximum atomic E-state index is 14.1. The molecule has 3 heterocycles. The van der Waals surface area contributed by atoms with Gasteiger partial charge in [0.1, 0.15) is 17.5 Å². The van der Waals surface area contributed by atoms with Crippen molar-refractivity contribution in [3.8, 4) is 11.1 Å². The first-order valence-corrected chi connectivity index (χ1v) is 23.0. The summed E-state index contributed by atoms with van der Waals surface area (Å²) in [6, 6.07) is 21.5. The van der Waals surface area contributed by atoms with Crippen molar-refractivity contribution < 1.29 is 18.7 Å². The molecule has 330 valence electrons. The zero-order chi connectivity index (χ0) is 43.1. The lowest BCUT2D eigenvalue weighted by atomic mass is 9.95. The molecule has 1 saturated carbocycles. The topological polar surface area (TPSA) is 117 Å². The zero-order valence-electron chi connectivity index (χ0n) is 36.1. The van der Waals surface area contributed by atoms with Gasteiger partial charge in [0.25, 0.3) is 0 Å². The molecule has 1 saturated heterocycles.